The Balaban J connectivity index is 0.000000288. The summed E-state index contributed by atoms with van der Waals surface area (Å²) in [5, 5.41) is 0. The summed E-state index contributed by atoms with van der Waals surface area (Å²) in [5.41, 5.74) is 5.63. The van der Waals surface area contributed by atoms with Crippen LogP contribution >= 0.6 is 0 Å². The molecule has 0 aromatic heterocycles. The van der Waals surface area contributed by atoms with Gasteiger partial charge in [0.2, 0.25) is 0 Å². The van der Waals surface area contributed by atoms with Crippen molar-refractivity contribution in [1.82, 2.24) is 0 Å². The molecule has 0 unspecified atom stereocenters. The van der Waals surface area contributed by atoms with Crippen molar-refractivity contribution in [1.29, 1.82) is 0 Å². The maximum atomic E-state index is 5.63. The van der Waals surface area contributed by atoms with E-state index < -0.39 is 18.6 Å². The van der Waals surface area contributed by atoms with Crippen molar-refractivity contribution in [3.63, 3.8) is 0 Å². The van der Waals surface area contributed by atoms with Gasteiger partial charge in [-0.15, -0.1) is 0 Å². The molecule has 0 amide bonds. The maximum absolute atomic E-state index is 5.63. The third kappa shape index (κ3) is 9.79. The van der Waals surface area contributed by atoms with Crippen molar-refractivity contribution in [3.05, 3.63) is 0 Å². The average Bonchev–Trinajstić information content (AvgIpc) is 2.32. The molecule has 1 fully saturated rings. The van der Waals surface area contributed by atoms with Gasteiger partial charge in [0, 0.05) is 6.04 Å². The van der Waals surface area contributed by atoms with E-state index in [1.807, 2.05) is 0 Å². The molecule has 0 heterocycles. The molecule has 2 N–H and O–H groups in total. The van der Waals surface area contributed by atoms with Crippen molar-refractivity contribution >= 4 is 0 Å². The predicted octanol–water partition coefficient (Wildman–Crippen LogP) is 3.22. The van der Waals surface area contributed by atoms with Gasteiger partial charge in [-0.25, -0.2) is 0 Å². The molecule has 0 atom stereocenters. The second-order valence-electron chi connectivity index (χ2n) is 4.28. The second-order valence-corrected chi connectivity index (χ2v) is 7.50. The van der Waals surface area contributed by atoms with E-state index in [4.69, 9.17) is 12.4 Å². The molecule has 97 valence electrons. The van der Waals surface area contributed by atoms with Crippen LogP contribution in [-0.2, 0) is 25.3 Å². The number of unbranched alkanes of at least 4 members (excludes halogenated alkanes) is 1. The molecule has 4 heteroatoms. The molecule has 0 aromatic carbocycles. The van der Waals surface area contributed by atoms with Gasteiger partial charge < -0.3 is 5.73 Å². The predicted molar refractivity (Wildman–Crippen MR) is 64.8 cm³/mol. The minimum absolute atomic E-state index is 0.536. The van der Waals surface area contributed by atoms with Gasteiger partial charge in [0.1, 0.15) is 0 Å². The minimum Gasteiger partial charge on any atom is -0.328 e. The van der Waals surface area contributed by atoms with E-state index in [0.717, 1.165) is 0 Å². The molecule has 16 heavy (non-hydrogen) atoms. The number of rotatable bonds is 5. The number of hydrogen-bond donors (Lipinski definition) is 1. The fourth-order valence-corrected chi connectivity index (χ4v) is 3.64. The van der Waals surface area contributed by atoms with Gasteiger partial charge in [0.05, 0.1) is 0 Å². The van der Waals surface area contributed by atoms with Crippen molar-refractivity contribution in [2.45, 2.75) is 62.6 Å². The van der Waals surface area contributed by atoms with Crippen LogP contribution in [0.25, 0.3) is 0 Å². The minimum atomic E-state index is -1.45. The number of hydrogen-bond acceptors (Lipinski definition) is 3. The third-order valence-electron chi connectivity index (χ3n) is 2.84. The van der Waals surface area contributed by atoms with Gasteiger partial charge in [-0.05, 0) is 12.8 Å². The van der Waals surface area contributed by atoms with Crippen molar-refractivity contribution in [2.24, 2.45) is 5.73 Å². The molecule has 0 aliphatic heterocycles. The van der Waals surface area contributed by atoms with Gasteiger partial charge in [0.25, 0.3) is 0 Å². The molecule has 3 nitrogen and oxygen atoms in total. The molecule has 1 saturated carbocycles. The standard InChI is InChI=1S/C6H13N.C4H9.2CH3O.Ti/c7-6-4-2-1-3-5-6;1-3-4-2;2*1-2;/h6H,1-5,7H2;1,3-4H2,2H3;2*1H3;/q;;2*-1;+2. The zero-order chi connectivity index (χ0) is 12.2. The van der Waals surface area contributed by atoms with Gasteiger partial charge in [-0.2, -0.15) is 0 Å². The number of nitrogens with two attached hydrogens (primary N) is 1. The van der Waals surface area contributed by atoms with Crippen molar-refractivity contribution < 1.29 is 25.3 Å². The van der Waals surface area contributed by atoms with Crippen LogP contribution in [0.5, 0.6) is 0 Å². The molecule has 0 saturated heterocycles. The third-order valence-corrected chi connectivity index (χ3v) is 5.45. The summed E-state index contributed by atoms with van der Waals surface area (Å²) >= 11 is -1.45. The Labute approximate surface area is 108 Å². The first-order valence-corrected chi connectivity index (χ1v) is 8.81. The Morgan fingerprint density at radius 1 is 1.12 bits per heavy atom. The van der Waals surface area contributed by atoms with Crippen LogP contribution in [0.2, 0.25) is 4.73 Å². The van der Waals surface area contributed by atoms with Gasteiger partial charge in [-0.1, -0.05) is 19.3 Å². The van der Waals surface area contributed by atoms with E-state index in [2.05, 4.69) is 6.92 Å². The molecule has 1 rings (SSSR count). The van der Waals surface area contributed by atoms with E-state index in [0.29, 0.717) is 6.04 Å². The van der Waals surface area contributed by atoms with Crippen LogP contribution in [0.4, 0.5) is 0 Å². The molecule has 0 radical (unpaired) electrons. The fourth-order valence-electron chi connectivity index (χ4n) is 1.74. The quantitative estimate of drug-likeness (QED) is 0.777. The van der Waals surface area contributed by atoms with E-state index >= 15 is 0 Å². The monoisotopic (exact) mass is 266 g/mol. The molecule has 1 aliphatic rings. The van der Waals surface area contributed by atoms with Crippen LogP contribution in [0.1, 0.15) is 51.9 Å². The van der Waals surface area contributed by atoms with Gasteiger partial charge in [0.15, 0.2) is 0 Å². The molecule has 0 spiro atoms. The summed E-state index contributed by atoms with van der Waals surface area (Å²) in [7, 11) is 3.49. The summed E-state index contributed by atoms with van der Waals surface area (Å²) < 4.78 is 11.5. The van der Waals surface area contributed by atoms with E-state index in [9.17, 15) is 0 Å². The summed E-state index contributed by atoms with van der Waals surface area (Å²) in [6.45, 7) is 2.18. The first-order chi connectivity index (χ1) is 7.74. The normalized spacial score (nSPS) is 16.5. The maximum Gasteiger partial charge on any atom is 0.00388 e. The smallest absolute Gasteiger partial charge is 0.00388 e. The first-order valence-electron chi connectivity index (χ1n) is 6.44. The molecule has 0 aromatic rings. The Morgan fingerprint density at radius 3 is 2.00 bits per heavy atom. The molecular formula is C12H28NO2Ti. The zero-order valence-corrected chi connectivity index (χ0v) is 12.7. The van der Waals surface area contributed by atoms with Crippen LogP contribution in [0.15, 0.2) is 0 Å². The molecule has 0 bridgehead atoms. The molecule has 1 aliphatic carbocycles. The summed E-state index contributed by atoms with van der Waals surface area (Å²) in [5.74, 6) is 0. The van der Waals surface area contributed by atoms with Crippen molar-refractivity contribution in [3.8, 4) is 0 Å². The van der Waals surface area contributed by atoms with Crippen LogP contribution in [-0.4, -0.2) is 20.3 Å². The zero-order valence-electron chi connectivity index (χ0n) is 11.1. The van der Waals surface area contributed by atoms with Gasteiger partial charge in [-0.3, -0.25) is 0 Å². The van der Waals surface area contributed by atoms with Gasteiger partial charge >= 0.3 is 64.0 Å². The Kier molecular flexibility index (Phi) is 12.5. The fraction of sp³-hybridized carbons (Fsp3) is 1.00. The molecular weight excluding hydrogens is 238 g/mol. The Hall–Kier alpha value is 0.594. The Morgan fingerprint density at radius 2 is 1.69 bits per heavy atom. The average molecular weight is 266 g/mol. The summed E-state index contributed by atoms with van der Waals surface area (Å²) in [6, 6.07) is 0.536. The van der Waals surface area contributed by atoms with Crippen LogP contribution in [0.3, 0.4) is 0 Å². The van der Waals surface area contributed by atoms with E-state index in [-0.39, 0.29) is 0 Å². The van der Waals surface area contributed by atoms with Crippen molar-refractivity contribution in [2.75, 3.05) is 14.2 Å². The van der Waals surface area contributed by atoms with E-state index in [1.54, 1.807) is 14.2 Å². The largest absolute Gasteiger partial charge is 0.328 e. The second kappa shape index (κ2) is 12.1. The Bertz CT molecular complexity index is 137. The van der Waals surface area contributed by atoms with Crippen LogP contribution in [0, 0.1) is 0 Å². The first kappa shape index (κ1) is 16.6. The summed E-state index contributed by atoms with van der Waals surface area (Å²) in [6.07, 6.45) is 9.15. The topological polar surface area (TPSA) is 44.5 Å². The SMILES string of the molecule is CCC[CH2][Ti]([O]C)[O]C.NC1CCCCC1. The van der Waals surface area contributed by atoms with Crippen LogP contribution < -0.4 is 5.73 Å². The summed E-state index contributed by atoms with van der Waals surface area (Å²) in [4.78, 5) is 0. The van der Waals surface area contributed by atoms with E-state index in [1.165, 1.54) is 49.7 Å².